The van der Waals surface area contributed by atoms with Crippen LogP contribution in [0.3, 0.4) is 0 Å². The largest absolute Gasteiger partial charge is 0.573 e. The minimum Gasteiger partial charge on any atom is -0.406 e. The highest BCUT2D eigenvalue weighted by Gasteiger charge is 2.31. The number of nitrogens with one attached hydrogen (secondary N) is 1. The minimum absolute atomic E-state index is 0.301. The number of hydrogen-bond acceptors (Lipinski definition) is 4. The predicted octanol–water partition coefficient (Wildman–Crippen LogP) is 8.76. The maximum Gasteiger partial charge on any atom is 0.573 e. The van der Waals surface area contributed by atoms with Gasteiger partial charge in [0.25, 0.3) is 0 Å². The molecule has 0 saturated carbocycles. The summed E-state index contributed by atoms with van der Waals surface area (Å²) in [6, 6.07) is 19.3. The zero-order valence-electron chi connectivity index (χ0n) is 27.2. The van der Waals surface area contributed by atoms with Crippen LogP contribution < -0.4 is 15.0 Å². The third-order valence-electron chi connectivity index (χ3n) is 8.08. The molecule has 5 rings (SSSR count). The van der Waals surface area contributed by atoms with E-state index in [9.17, 15) is 18.0 Å². The molecular formula is C36H39F3N6O2. The first-order valence-electron chi connectivity index (χ1n) is 15.7. The first-order chi connectivity index (χ1) is 22.4. The smallest absolute Gasteiger partial charge is 0.406 e. The number of aliphatic imine (C=N–C) groups is 1. The van der Waals surface area contributed by atoms with Crippen LogP contribution in [0.1, 0.15) is 63.1 Å². The lowest BCUT2D eigenvalue weighted by Gasteiger charge is -2.27. The molecule has 0 aliphatic carbocycles. The molecular weight excluding hydrogens is 605 g/mol. The van der Waals surface area contributed by atoms with Gasteiger partial charge < -0.3 is 15.0 Å². The van der Waals surface area contributed by atoms with Gasteiger partial charge in [-0.1, -0.05) is 63.2 Å². The highest BCUT2D eigenvalue weighted by Crippen LogP contribution is 2.35. The summed E-state index contributed by atoms with van der Waals surface area (Å²) in [5.74, 6) is 1.59. The van der Waals surface area contributed by atoms with Crippen LogP contribution in [-0.4, -0.2) is 39.5 Å². The lowest BCUT2D eigenvalue weighted by Crippen LogP contribution is -2.30. The van der Waals surface area contributed by atoms with Gasteiger partial charge in [-0.3, -0.25) is 0 Å². The van der Waals surface area contributed by atoms with E-state index in [1.807, 2.05) is 37.3 Å². The van der Waals surface area contributed by atoms with Crippen molar-refractivity contribution in [2.45, 2.75) is 66.2 Å². The Labute approximate surface area is 273 Å². The molecule has 11 heteroatoms. The number of carbonyl (C=O) groups excluding carboxylic acids is 1. The number of allylic oxidation sites excluding steroid dienone is 1. The summed E-state index contributed by atoms with van der Waals surface area (Å²) in [4.78, 5) is 23.7. The van der Waals surface area contributed by atoms with Gasteiger partial charge in [0.05, 0.1) is 11.4 Å². The quantitative estimate of drug-likeness (QED) is 0.187. The number of aromatic nitrogens is 3. The third-order valence-corrected chi connectivity index (χ3v) is 8.08. The molecule has 47 heavy (non-hydrogen) atoms. The van der Waals surface area contributed by atoms with Crippen molar-refractivity contribution in [1.82, 2.24) is 20.1 Å². The van der Waals surface area contributed by atoms with E-state index in [1.165, 1.54) is 46.4 Å². The molecule has 2 heterocycles. The first-order valence-corrected chi connectivity index (χ1v) is 15.7. The second kappa shape index (κ2) is 14.2. The van der Waals surface area contributed by atoms with Crippen molar-refractivity contribution >= 4 is 17.6 Å². The van der Waals surface area contributed by atoms with Gasteiger partial charge in [-0.15, -0.1) is 18.3 Å². The highest BCUT2D eigenvalue weighted by atomic mass is 19.4. The Bertz CT molecular complexity index is 1760. The number of benzene rings is 3. The van der Waals surface area contributed by atoms with Crippen LogP contribution in [0.25, 0.3) is 17.1 Å². The molecule has 1 aliphatic rings. The molecule has 1 N–H and O–H groups in total. The van der Waals surface area contributed by atoms with E-state index in [4.69, 9.17) is 0 Å². The summed E-state index contributed by atoms with van der Waals surface area (Å²) < 4.78 is 42.7. The van der Waals surface area contributed by atoms with Crippen LogP contribution in [-0.2, 0) is 6.42 Å². The van der Waals surface area contributed by atoms with Crippen LogP contribution in [0.4, 0.5) is 23.7 Å². The van der Waals surface area contributed by atoms with E-state index in [-0.39, 0.29) is 11.8 Å². The molecule has 1 unspecified atom stereocenters. The molecule has 4 aromatic rings. The van der Waals surface area contributed by atoms with E-state index in [2.05, 4.69) is 75.9 Å². The summed E-state index contributed by atoms with van der Waals surface area (Å²) in [6.45, 7) is 11.2. The summed E-state index contributed by atoms with van der Waals surface area (Å²) in [5.41, 5.74) is 7.16. The number of nitrogens with zero attached hydrogens (tertiary/aromatic N) is 5. The molecule has 246 valence electrons. The van der Waals surface area contributed by atoms with E-state index in [0.29, 0.717) is 36.3 Å². The van der Waals surface area contributed by atoms with Crippen molar-refractivity contribution in [2.75, 3.05) is 11.4 Å². The number of hydrogen-bond donors (Lipinski definition) is 1. The molecule has 1 atom stereocenters. The first kappa shape index (κ1) is 33.4. The number of halogens is 3. The number of alkyl halides is 3. The van der Waals surface area contributed by atoms with Gasteiger partial charge in [0.1, 0.15) is 17.9 Å². The van der Waals surface area contributed by atoms with Crippen LogP contribution in [0.5, 0.6) is 5.75 Å². The van der Waals surface area contributed by atoms with E-state index < -0.39 is 6.36 Å². The second-order valence-electron chi connectivity index (χ2n) is 12.2. The van der Waals surface area contributed by atoms with Gasteiger partial charge in [0, 0.05) is 24.2 Å². The molecule has 0 radical (unpaired) electrons. The van der Waals surface area contributed by atoms with Crippen molar-refractivity contribution in [1.29, 1.82) is 0 Å². The average molecular weight is 645 g/mol. The average Bonchev–Trinajstić information content (AvgIpc) is 3.64. The number of rotatable bonds is 10. The molecule has 8 nitrogen and oxygen atoms in total. The highest BCUT2D eigenvalue weighted by molar-refractivity contribution is 6.09. The Morgan fingerprint density at radius 3 is 2.43 bits per heavy atom. The van der Waals surface area contributed by atoms with Crippen LogP contribution in [0, 0.1) is 12.8 Å². The van der Waals surface area contributed by atoms with E-state index in [1.54, 1.807) is 0 Å². The van der Waals surface area contributed by atoms with Gasteiger partial charge in [-0.05, 0) is 85.5 Å². The monoisotopic (exact) mass is 644 g/mol. The molecule has 2 amide bonds. The number of ether oxygens (including phenoxy) is 1. The molecule has 1 aliphatic heterocycles. The Morgan fingerprint density at radius 1 is 1.02 bits per heavy atom. The Kier molecular flexibility index (Phi) is 10.1. The van der Waals surface area contributed by atoms with Crippen LogP contribution in [0.15, 0.2) is 89.8 Å². The van der Waals surface area contributed by atoms with E-state index >= 15 is 0 Å². The molecule has 0 spiro atoms. The summed E-state index contributed by atoms with van der Waals surface area (Å²) in [7, 11) is 0. The normalized spacial score (nSPS) is 14.9. The fourth-order valence-corrected chi connectivity index (χ4v) is 5.86. The zero-order chi connectivity index (χ0) is 33.7. The van der Waals surface area contributed by atoms with Crippen LogP contribution in [0.2, 0.25) is 0 Å². The van der Waals surface area contributed by atoms with Crippen molar-refractivity contribution < 1.29 is 22.7 Å². The summed E-state index contributed by atoms with van der Waals surface area (Å²) in [5, 5.41) is 7.44. The fraction of sp³-hybridized carbons (Fsp3) is 0.333. The number of aryl methyl sites for hydroxylation is 1. The van der Waals surface area contributed by atoms with Crippen LogP contribution >= 0.6 is 0 Å². The number of urea groups is 1. The zero-order valence-corrected chi connectivity index (χ0v) is 27.2. The fourth-order valence-electron chi connectivity index (χ4n) is 5.86. The molecule has 0 bridgehead atoms. The standard InChI is InChI=1S/C36H39F3N6O2/c1-23(2)33-25(4)7-6-8-31(33)45-26(5)9-18-32(45)42-35(46)40-20-19-24(3)21-27-10-12-28(13-11-27)34-41-22-44(43-34)29-14-16-30(17-15-29)47-36(37,38)39/h6-17,22-24H,18-21H2,1-5H3,(H,40,46)/b42-32+. The number of amides is 2. The van der Waals surface area contributed by atoms with Gasteiger partial charge in [0.15, 0.2) is 5.82 Å². The number of anilines is 1. The lowest BCUT2D eigenvalue weighted by atomic mass is 9.95. The lowest BCUT2D eigenvalue weighted by molar-refractivity contribution is -0.274. The molecule has 1 aromatic heterocycles. The number of amidine groups is 1. The SMILES string of the molecule is CC1=CC/C(=N\C(=O)NCCC(C)Cc2ccc(-c3ncn(-c4ccc(OC(F)(F)F)cc4)n3)cc2)N1c1cccc(C)c1C(C)C. The van der Waals surface area contributed by atoms with Gasteiger partial charge in [-0.2, -0.15) is 4.99 Å². The third kappa shape index (κ3) is 8.46. The van der Waals surface area contributed by atoms with Crippen molar-refractivity contribution in [3.8, 4) is 22.8 Å². The van der Waals surface area contributed by atoms with Gasteiger partial charge in [0.2, 0.25) is 0 Å². The van der Waals surface area contributed by atoms with Gasteiger partial charge in [-0.25, -0.2) is 14.5 Å². The van der Waals surface area contributed by atoms with E-state index in [0.717, 1.165) is 41.2 Å². The molecule has 0 fully saturated rings. The van der Waals surface area contributed by atoms with Crippen molar-refractivity contribution in [3.63, 3.8) is 0 Å². The van der Waals surface area contributed by atoms with Crippen molar-refractivity contribution in [3.05, 3.63) is 102 Å². The predicted molar refractivity (Wildman–Crippen MR) is 178 cm³/mol. The van der Waals surface area contributed by atoms with Gasteiger partial charge >= 0.3 is 12.4 Å². The van der Waals surface area contributed by atoms with Crippen molar-refractivity contribution in [2.24, 2.45) is 10.9 Å². The maximum atomic E-state index is 12.8. The maximum absolute atomic E-state index is 12.8. The topological polar surface area (TPSA) is 84.6 Å². The second-order valence-corrected chi connectivity index (χ2v) is 12.2. The summed E-state index contributed by atoms with van der Waals surface area (Å²) >= 11 is 0. The minimum atomic E-state index is -4.74. The Morgan fingerprint density at radius 2 is 1.74 bits per heavy atom. The molecule has 3 aromatic carbocycles. The Balaban J connectivity index is 1.12. The number of carbonyl (C=O) groups is 1. The summed E-state index contributed by atoms with van der Waals surface area (Å²) in [6.07, 6.45) is 1.12. The Hall–Kier alpha value is -4.93. The molecule has 0 saturated heterocycles.